The highest BCUT2D eigenvalue weighted by atomic mass is 28.4. The Morgan fingerprint density at radius 3 is 2.38 bits per heavy atom. The van der Waals surface area contributed by atoms with Gasteiger partial charge >= 0.3 is 0 Å². The molecule has 2 saturated carbocycles. The maximum absolute atomic E-state index is 12.0. The van der Waals surface area contributed by atoms with Crippen LogP contribution in [-0.4, -0.2) is 20.2 Å². The molecule has 3 heteroatoms. The van der Waals surface area contributed by atoms with Crippen LogP contribution in [0.5, 0.6) is 0 Å². The van der Waals surface area contributed by atoms with E-state index < -0.39 is 8.32 Å². The summed E-state index contributed by atoms with van der Waals surface area (Å²) in [5.41, 5.74) is 0.322. The topological polar surface area (TPSA) is 26.3 Å². The second-order valence-corrected chi connectivity index (χ2v) is 14.2. The molecule has 3 atom stereocenters. The summed E-state index contributed by atoms with van der Waals surface area (Å²) in [6.45, 7) is 16.4. The Hall–Kier alpha value is -0.153. The molecule has 0 unspecified atom stereocenters. The highest BCUT2D eigenvalue weighted by Crippen LogP contribution is 2.59. The third-order valence-electron chi connectivity index (χ3n) is 7.04. The predicted octanol–water partition coefficient (Wildman–Crippen LogP) is 5.33. The fourth-order valence-electron chi connectivity index (χ4n) is 4.07. The maximum atomic E-state index is 12.0. The fourth-order valence-corrected chi connectivity index (χ4v) is 5.51. The van der Waals surface area contributed by atoms with Crippen LogP contribution < -0.4 is 0 Å². The summed E-state index contributed by atoms with van der Waals surface area (Å²) in [6.07, 6.45) is 6.44. The van der Waals surface area contributed by atoms with E-state index in [0.717, 1.165) is 19.3 Å². The van der Waals surface area contributed by atoms with Gasteiger partial charge in [-0.2, -0.15) is 0 Å². The molecule has 2 rings (SSSR count). The lowest BCUT2D eigenvalue weighted by atomic mass is 9.50. The molecule has 0 heterocycles. The number of rotatable bonds is 2. The summed E-state index contributed by atoms with van der Waals surface area (Å²) in [4.78, 5) is 12.0. The van der Waals surface area contributed by atoms with Gasteiger partial charge in [0.25, 0.3) is 0 Å². The minimum absolute atomic E-state index is 0.146. The zero-order chi connectivity index (χ0) is 16.1. The number of carbonyl (C=O) groups excluding carboxylic acids is 1. The number of hydrogen-bond donors (Lipinski definition) is 0. The van der Waals surface area contributed by atoms with Crippen LogP contribution in [0.1, 0.15) is 73.1 Å². The van der Waals surface area contributed by atoms with Crippen molar-refractivity contribution >= 4 is 14.1 Å². The molecule has 0 aliphatic heterocycles. The van der Waals surface area contributed by atoms with Gasteiger partial charge in [0.1, 0.15) is 5.78 Å². The van der Waals surface area contributed by atoms with Crippen molar-refractivity contribution < 1.29 is 9.22 Å². The van der Waals surface area contributed by atoms with E-state index in [4.69, 9.17) is 4.43 Å². The van der Waals surface area contributed by atoms with E-state index in [-0.39, 0.29) is 15.9 Å². The quantitative estimate of drug-likeness (QED) is 0.645. The van der Waals surface area contributed by atoms with Crippen LogP contribution in [-0.2, 0) is 9.22 Å². The second kappa shape index (κ2) is 5.19. The summed E-state index contributed by atoms with van der Waals surface area (Å²) < 4.78 is 6.84. The fraction of sp³-hybridized carbons (Fsp3) is 0.944. The van der Waals surface area contributed by atoms with Gasteiger partial charge in [0, 0.05) is 12.8 Å². The normalized spacial score (nSPS) is 38.2. The van der Waals surface area contributed by atoms with E-state index >= 15 is 0 Å². The van der Waals surface area contributed by atoms with Crippen molar-refractivity contribution in [3.8, 4) is 0 Å². The molecule has 0 radical (unpaired) electrons. The lowest BCUT2D eigenvalue weighted by molar-refractivity contribution is -0.145. The SMILES string of the molecule is CC(C)(C)[Si](C)(C)O[C@@H]1CCC[C@@]2(C)CC(=O)CC[C@@]12C. The van der Waals surface area contributed by atoms with Gasteiger partial charge in [-0.25, -0.2) is 0 Å². The number of Topliss-reactive ketones (excluding diaryl/α,β-unsaturated/α-hetero) is 1. The first-order chi connectivity index (χ1) is 9.41. The van der Waals surface area contributed by atoms with Crippen molar-refractivity contribution in [3.05, 3.63) is 0 Å². The Balaban J connectivity index is 2.26. The van der Waals surface area contributed by atoms with Crippen molar-refractivity contribution in [2.45, 2.75) is 97.4 Å². The lowest BCUT2D eigenvalue weighted by Crippen LogP contribution is -2.57. The van der Waals surface area contributed by atoms with E-state index in [1.807, 2.05) is 0 Å². The smallest absolute Gasteiger partial charge is 0.192 e. The Bertz CT molecular complexity index is 423. The number of fused-ring (bicyclic) bond motifs is 1. The number of carbonyl (C=O) groups is 1. The molecule has 0 bridgehead atoms. The highest BCUT2D eigenvalue weighted by Gasteiger charge is 2.56. The van der Waals surface area contributed by atoms with Crippen LogP contribution in [0.25, 0.3) is 0 Å². The van der Waals surface area contributed by atoms with Crippen LogP contribution in [0.15, 0.2) is 0 Å². The number of hydrogen-bond acceptors (Lipinski definition) is 2. The summed E-state index contributed by atoms with van der Waals surface area (Å²) in [6, 6.07) is 0. The van der Waals surface area contributed by atoms with E-state index in [2.05, 4.69) is 47.7 Å². The van der Waals surface area contributed by atoms with Crippen LogP contribution >= 0.6 is 0 Å². The Kier molecular flexibility index (Phi) is 4.25. The summed E-state index contributed by atoms with van der Waals surface area (Å²) in [5.74, 6) is 0.461. The standard InChI is InChI=1S/C18H34O2Si/c1-16(2,3)21(6,7)20-15-9-8-11-17(4)13-14(19)10-12-18(15,17)5/h15H,8-13H2,1-7H3/t15-,17+,18+/m1/s1. The molecule has 2 aliphatic rings. The third-order valence-corrected chi connectivity index (χ3v) is 11.5. The first-order valence-corrected chi connectivity index (χ1v) is 11.5. The largest absolute Gasteiger partial charge is 0.413 e. The van der Waals surface area contributed by atoms with Gasteiger partial charge in [0.05, 0.1) is 6.10 Å². The van der Waals surface area contributed by atoms with E-state index in [0.29, 0.717) is 11.9 Å². The summed E-state index contributed by atoms with van der Waals surface area (Å²) in [7, 11) is -1.75. The highest BCUT2D eigenvalue weighted by molar-refractivity contribution is 6.74. The van der Waals surface area contributed by atoms with Crippen molar-refractivity contribution in [2.75, 3.05) is 0 Å². The first kappa shape index (κ1) is 17.2. The first-order valence-electron chi connectivity index (χ1n) is 8.61. The zero-order valence-corrected chi connectivity index (χ0v) is 16.1. The Morgan fingerprint density at radius 2 is 1.81 bits per heavy atom. The van der Waals surface area contributed by atoms with Crippen molar-refractivity contribution in [1.29, 1.82) is 0 Å². The van der Waals surface area contributed by atoms with Gasteiger partial charge in [-0.1, -0.05) is 41.0 Å². The maximum Gasteiger partial charge on any atom is 0.192 e. The monoisotopic (exact) mass is 310 g/mol. The molecule has 2 fully saturated rings. The molecular weight excluding hydrogens is 276 g/mol. The molecule has 2 aliphatic carbocycles. The van der Waals surface area contributed by atoms with Gasteiger partial charge in [-0.05, 0) is 48.2 Å². The van der Waals surface area contributed by atoms with Crippen LogP contribution in [0.2, 0.25) is 18.1 Å². The minimum Gasteiger partial charge on any atom is -0.413 e. The summed E-state index contributed by atoms with van der Waals surface area (Å²) >= 11 is 0. The molecule has 0 saturated heterocycles. The van der Waals surface area contributed by atoms with Gasteiger partial charge in [0.2, 0.25) is 0 Å². The van der Waals surface area contributed by atoms with Crippen LogP contribution in [0.4, 0.5) is 0 Å². The molecule has 0 aromatic heterocycles. The summed E-state index contributed by atoms with van der Waals surface area (Å²) in [5, 5.41) is 0.252. The molecule has 0 aromatic carbocycles. The van der Waals surface area contributed by atoms with Crippen LogP contribution in [0.3, 0.4) is 0 Å². The van der Waals surface area contributed by atoms with Crippen molar-refractivity contribution in [1.82, 2.24) is 0 Å². The lowest BCUT2D eigenvalue weighted by Gasteiger charge is -2.58. The van der Waals surface area contributed by atoms with Crippen molar-refractivity contribution in [3.63, 3.8) is 0 Å². The van der Waals surface area contributed by atoms with Gasteiger partial charge in [-0.15, -0.1) is 0 Å². The molecule has 0 amide bonds. The third kappa shape index (κ3) is 2.88. The van der Waals surface area contributed by atoms with Gasteiger partial charge in [-0.3, -0.25) is 4.79 Å². The number of ketones is 1. The molecular formula is C18H34O2Si. The molecule has 0 N–H and O–H groups in total. The van der Waals surface area contributed by atoms with E-state index in [9.17, 15) is 4.79 Å². The molecule has 0 aromatic rings. The average molecular weight is 311 g/mol. The molecule has 2 nitrogen and oxygen atoms in total. The van der Waals surface area contributed by atoms with Gasteiger partial charge < -0.3 is 4.43 Å². The van der Waals surface area contributed by atoms with Crippen molar-refractivity contribution in [2.24, 2.45) is 10.8 Å². The second-order valence-electron chi connectivity index (χ2n) is 9.45. The zero-order valence-electron chi connectivity index (χ0n) is 15.1. The van der Waals surface area contributed by atoms with E-state index in [1.54, 1.807) is 0 Å². The van der Waals surface area contributed by atoms with Gasteiger partial charge in [0.15, 0.2) is 8.32 Å². The Labute approximate surface area is 132 Å². The average Bonchev–Trinajstić information content (AvgIpc) is 2.30. The van der Waals surface area contributed by atoms with E-state index in [1.165, 1.54) is 19.3 Å². The minimum atomic E-state index is -1.75. The molecule has 0 spiro atoms. The van der Waals surface area contributed by atoms with Crippen LogP contribution in [0, 0.1) is 10.8 Å². The molecule has 21 heavy (non-hydrogen) atoms. The Morgan fingerprint density at radius 1 is 1.19 bits per heavy atom. The molecule has 122 valence electrons. The predicted molar refractivity (Wildman–Crippen MR) is 91.0 cm³/mol.